The number of nitrogens with one attached hydrogen (secondary N) is 1. The zero-order valence-corrected chi connectivity index (χ0v) is 20.2. The van der Waals surface area contributed by atoms with Gasteiger partial charge in [-0.2, -0.15) is 8.42 Å². The van der Waals surface area contributed by atoms with Gasteiger partial charge in [0, 0.05) is 11.5 Å². The number of carbonyl (C=O) groups excluding carboxylic acids is 1. The Labute approximate surface area is 216 Å². The number of benzene rings is 2. The Kier molecular flexibility index (Phi) is 6.90. The molecule has 1 amide bonds. The zero-order valence-electron chi connectivity index (χ0n) is 17.2. The van der Waals surface area contributed by atoms with Gasteiger partial charge in [-0.1, -0.05) is 30.3 Å². The second-order valence-corrected chi connectivity index (χ2v) is 7.87. The average Bonchev–Trinajstić information content (AvgIpc) is 2.97. The number of ether oxygens (including phenoxy) is 2. The molecule has 152 valence electrons. The van der Waals surface area contributed by atoms with E-state index in [1.807, 2.05) is 35.1 Å². The minimum absolute atomic E-state index is 0. The molecular formula is C19H17KN2O7S. The quantitative estimate of drug-likeness (QED) is 0.374. The zero-order chi connectivity index (χ0) is 20.6. The van der Waals surface area contributed by atoms with E-state index in [2.05, 4.69) is 0 Å². The van der Waals surface area contributed by atoms with Gasteiger partial charge in [-0.25, -0.2) is 13.8 Å². The van der Waals surface area contributed by atoms with E-state index in [1.54, 1.807) is 0 Å². The Morgan fingerprint density at radius 1 is 1.13 bits per heavy atom. The van der Waals surface area contributed by atoms with Crippen molar-refractivity contribution in [2.24, 2.45) is 0 Å². The first-order valence-corrected chi connectivity index (χ1v) is 9.97. The Hall–Kier alpha value is -1.89. The molecule has 0 spiro atoms. The topological polar surface area (TPSA) is 115 Å². The van der Waals surface area contributed by atoms with Gasteiger partial charge in [0.25, 0.3) is 5.91 Å². The number of hydrogen-bond donors (Lipinski definition) is 1. The van der Waals surface area contributed by atoms with Crippen LogP contribution >= 0.6 is 0 Å². The Morgan fingerprint density at radius 2 is 1.87 bits per heavy atom. The molecule has 1 fully saturated rings. The molecule has 0 unspecified atom stereocenters. The summed E-state index contributed by atoms with van der Waals surface area (Å²) in [5.74, 6) is -0.536. The van der Waals surface area contributed by atoms with E-state index in [1.165, 1.54) is 25.3 Å². The van der Waals surface area contributed by atoms with Crippen LogP contribution in [0.3, 0.4) is 0 Å². The van der Waals surface area contributed by atoms with Crippen LogP contribution in [-0.4, -0.2) is 28.0 Å². The molecule has 3 aromatic rings. The third kappa shape index (κ3) is 4.55. The predicted molar refractivity (Wildman–Crippen MR) is 105 cm³/mol. The van der Waals surface area contributed by atoms with Crippen LogP contribution < -0.4 is 75.5 Å². The molecule has 0 radical (unpaired) electrons. The summed E-state index contributed by atoms with van der Waals surface area (Å²) in [5, 5.41) is 0.415. The van der Waals surface area contributed by atoms with Gasteiger partial charge in [0.15, 0.2) is 0 Å². The van der Waals surface area contributed by atoms with Crippen molar-refractivity contribution in [1.82, 2.24) is 4.72 Å². The number of fused-ring (bicyclic) bond motifs is 1. The van der Waals surface area contributed by atoms with Crippen molar-refractivity contribution in [2.75, 3.05) is 18.0 Å². The first kappa shape index (κ1) is 22.8. The normalized spacial score (nSPS) is 14.8. The van der Waals surface area contributed by atoms with Gasteiger partial charge in [0.2, 0.25) is 5.75 Å². The van der Waals surface area contributed by atoms with Crippen molar-refractivity contribution in [3.63, 3.8) is 0 Å². The van der Waals surface area contributed by atoms with Crippen LogP contribution in [0.15, 0.2) is 57.7 Å². The van der Waals surface area contributed by atoms with Crippen molar-refractivity contribution < 1.29 is 79.9 Å². The first-order chi connectivity index (χ1) is 13.9. The van der Waals surface area contributed by atoms with E-state index in [-0.39, 0.29) is 88.7 Å². The fourth-order valence-corrected chi connectivity index (χ4v) is 4.12. The second kappa shape index (κ2) is 9.08. The molecule has 9 nitrogen and oxygen atoms in total. The molecule has 4 rings (SSSR count). The standard InChI is InChI=1S/C19H16N2O7S.K.H/c1-26-17-8-13-7-14(21-10-18(22)20-29(21,24)25)16(9-15(13)28-19(17)23)27-11-12-5-3-2-4-6-12;;/h2-9H,10-11H2,1H3,(H,20,22);;/q;+1;-1. The van der Waals surface area contributed by atoms with E-state index in [0.717, 1.165) is 9.87 Å². The monoisotopic (exact) mass is 456 g/mol. The van der Waals surface area contributed by atoms with Crippen LogP contribution in [0, 0.1) is 0 Å². The van der Waals surface area contributed by atoms with Crippen LogP contribution in [0.4, 0.5) is 5.69 Å². The molecule has 1 aromatic heterocycles. The summed E-state index contributed by atoms with van der Waals surface area (Å²) < 4.78 is 43.6. The van der Waals surface area contributed by atoms with E-state index >= 15 is 0 Å². The molecule has 0 bridgehead atoms. The Morgan fingerprint density at radius 3 is 2.50 bits per heavy atom. The van der Waals surface area contributed by atoms with Crippen molar-refractivity contribution >= 4 is 32.8 Å². The largest absolute Gasteiger partial charge is 1.00 e. The Bertz CT molecular complexity index is 1270. The fourth-order valence-electron chi connectivity index (χ4n) is 2.97. The number of hydrogen-bond acceptors (Lipinski definition) is 7. The minimum Gasteiger partial charge on any atom is -1.00 e. The molecule has 0 aliphatic carbocycles. The molecule has 2 heterocycles. The smallest absolute Gasteiger partial charge is 1.00 e. The fraction of sp³-hybridized carbons (Fsp3) is 0.158. The summed E-state index contributed by atoms with van der Waals surface area (Å²) >= 11 is 0. The van der Waals surface area contributed by atoms with E-state index in [9.17, 15) is 18.0 Å². The molecule has 1 saturated heterocycles. The van der Waals surface area contributed by atoms with Crippen LogP contribution in [0.5, 0.6) is 11.5 Å². The predicted octanol–water partition coefficient (Wildman–Crippen LogP) is -1.32. The summed E-state index contributed by atoms with van der Waals surface area (Å²) in [7, 11) is -2.73. The van der Waals surface area contributed by atoms with Crippen molar-refractivity contribution in [2.45, 2.75) is 6.61 Å². The van der Waals surface area contributed by atoms with Crippen molar-refractivity contribution in [1.29, 1.82) is 0 Å². The molecule has 0 saturated carbocycles. The number of nitrogens with zero attached hydrogens (tertiary/aromatic N) is 1. The SMILES string of the molecule is COc1cc2cc(N3CC(=O)NS3(=O)=O)c(OCc3ccccc3)cc2oc1=O.[H-].[K+]. The summed E-state index contributed by atoms with van der Waals surface area (Å²) in [6.45, 7) is -0.238. The van der Waals surface area contributed by atoms with Gasteiger partial charge in [0.05, 0.1) is 12.8 Å². The number of rotatable bonds is 5. The van der Waals surface area contributed by atoms with E-state index < -0.39 is 21.7 Å². The van der Waals surface area contributed by atoms with Gasteiger partial charge in [-0.3, -0.25) is 4.79 Å². The maximum Gasteiger partial charge on any atom is 1.00 e. The van der Waals surface area contributed by atoms with Crippen molar-refractivity contribution in [3.05, 3.63) is 64.5 Å². The maximum atomic E-state index is 12.4. The molecule has 2 aromatic carbocycles. The molecule has 1 aliphatic heterocycles. The Balaban J connectivity index is 0.00000171. The van der Waals surface area contributed by atoms with Gasteiger partial charge >= 0.3 is 67.2 Å². The van der Waals surface area contributed by atoms with E-state index in [0.29, 0.717) is 5.39 Å². The van der Waals surface area contributed by atoms with Crippen LogP contribution in [0.2, 0.25) is 0 Å². The number of carbonyl (C=O) groups is 1. The summed E-state index contributed by atoms with van der Waals surface area (Å²) in [4.78, 5) is 23.6. The minimum atomic E-state index is -4.06. The van der Waals surface area contributed by atoms with Crippen LogP contribution in [0.25, 0.3) is 11.0 Å². The number of amides is 1. The second-order valence-electron chi connectivity index (χ2n) is 6.27. The molecule has 1 aliphatic rings. The van der Waals surface area contributed by atoms with Crippen LogP contribution in [-0.2, 0) is 21.6 Å². The summed E-state index contributed by atoms with van der Waals surface area (Å²) in [6, 6.07) is 13.6. The molecule has 11 heteroatoms. The van der Waals surface area contributed by atoms with Gasteiger partial charge in [0.1, 0.15) is 24.5 Å². The number of methoxy groups -OCH3 is 1. The maximum absolute atomic E-state index is 12.4. The first-order valence-electron chi connectivity index (χ1n) is 8.53. The third-order valence-electron chi connectivity index (χ3n) is 4.33. The van der Waals surface area contributed by atoms with Crippen molar-refractivity contribution in [3.8, 4) is 11.5 Å². The molecule has 1 N–H and O–H groups in total. The summed E-state index contributed by atoms with van der Waals surface area (Å²) in [5.41, 5.74) is 0.516. The van der Waals surface area contributed by atoms with Gasteiger partial charge in [-0.05, 0) is 17.7 Å². The third-order valence-corrected chi connectivity index (χ3v) is 5.72. The molecular weight excluding hydrogens is 439 g/mol. The number of anilines is 1. The van der Waals surface area contributed by atoms with Gasteiger partial charge < -0.3 is 15.3 Å². The molecule has 0 atom stereocenters. The molecule has 30 heavy (non-hydrogen) atoms. The van der Waals surface area contributed by atoms with Gasteiger partial charge in [-0.15, -0.1) is 0 Å². The average molecular weight is 457 g/mol. The van der Waals surface area contributed by atoms with E-state index in [4.69, 9.17) is 13.9 Å². The summed E-state index contributed by atoms with van der Waals surface area (Å²) in [6.07, 6.45) is 0. The van der Waals surface area contributed by atoms with Crippen LogP contribution in [0.1, 0.15) is 6.99 Å².